The quantitative estimate of drug-likeness (QED) is 0.358. The van der Waals surface area contributed by atoms with Crippen molar-refractivity contribution in [1.82, 2.24) is 4.90 Å². The highest BCUT2D eigenvalue weighted by atomic mass is 16.5. The van der Waals surface area contributed by atoms with Gasteiger partial charge in [0.05, 0.1) is 43.8 Å². The van der Waals surface area contributed by atoms with Crippen LogP contribution in [-0.2, 0) is 19.1 Å². The number of nitrogens with one attached hydrogen (secondary N) is 2. The molecule has 3 unspecified atom stereocenters. The third-order valence-electron chi connectivity index (χ3n) is 9.42. The van der Waals surface area contributed by atoms with Crippen molar-refractivity contribution >= 4 is 29.1 Å². The number of hydrogen-bond donors (Lipinski definition) is 3. The molecule has 1 spiro atoms. The van der Waals surface area contributed by atoms with Crippen LogP contribution in [0.1, 0.15) is 47.5 Å². The van der Waals surface area contributed by atoms with Gasteiger partial charge in [0, 0.05) is 11.4 Å². The number of carbonyl (C=O) groups is 3. The van der Waals surface area contributed by atoms with E-state index in [1.165, 1.54) is 4.90 Å². The first-order valence-corrected chi connectivity index (χ1v) is 15.1. The Kier molecular flexibility index (Phi) is 8.46. The van der Waals surface area contributed by atoms with E-state index in [9.17, 15) is 19.5 Å². The second kappa shape index (κ2) is 11.8. The molecule has 10 heteroatoms. The summed E-state index contributed by atoms with van der Waals surface area (Å²) in [6.07, 6.45) is 0.928. The standard InChI is InChI=1S/C33H43N3O7/c1-7-42-25-14-10-21(11-15-25)34-29(38)26-27-31(40)36(23(18-37)16-19(2)3)28(33(27)17-20(4)32(26,5)43-33)30(39)35-22-8-12-24(41-6)13-9-22/h8-15,19-20,23,26-28,37H,7,16-18H2,1-6H3,(H,34,38)(H,35,39)/t20?,23-,26+,27+,28?,32-,33?/m1/s1. The maximum atomic E-state index is 14.5. The molecule has 3 aliphatic heterocycles. The molecule has 2 aromatic carbocycles. The summed E-state index contributed by atoms with van der Waals surface area (Å²) in [4.78, 5) is 44.2. The van der Waals surface area contributed by atoms with Crippen LogP contribution in [-0.4, -0.2) is 71.3 Å². The van der Waals surface area contributed by atoms with Gasteiger partial charge in [-0.1, -0.05) is 20.8 Å². The van der Waals surface area contributed by atoms with Gasteiger partial charge in [0.2, 0.25) is 17.7 Å². The van der Waals surface area contributed by atoms with Crippen LogP contribution in [0.15, 0.2) is 48.5 Å². The van der Waals surface area contributed by atoms with Gasteiger partial charge >= 0.3 is 0 Å². The number of aliphatic hydroxyl groups excluding tert-OH is 1. The largest absolute Gasteiger partial charge is 0.497 e. The predicted molar refractivity (Wildman–Crippen MR) is 162 cm³/mol. The molecule has 0 aliphatic carbocycles. The molecule has 3 heterocycles. The smallest absolute Gasteiger partial charge is 0.250 e. The number of likely N-dealkylation sites (tertiary alicyclic amines) is 1. The summed E-state index contributed by atoms with van der Waals surface area (Å²) < 4.78 is 17.6. The molecule has 3 N–H and O–H groups in total. The van der Waals surface area contributed by atoms with Crippen LogP contribution in [0.3, 0.4) is 0 Å². The van der Waals surface area contributed by atoms with Crippen molar-refractivity contribution in [2.45, 2.75) is 70.7 Å². The Balaban J connectivity index is 1.52. The van der Waals surface area contributed by atoms with Crippen molar-refractivity contribution in [3.8, 4) is 11.5 Å². The third-order valence-corrected chi connectivity index (χ3v) is 9.42. The van der Waals surface area contributed by atoms with Gasteiger partial charge < -0.3 is 34.9 Å². The Morgan fingerprint density at radius 1 is 1.05 bits per heavy atom. The molecule has 0 radical (unpaired) electrons. The van der Waals surface area contributed by atoms with E-state index < -0.39 is 41.0 Å². The number of ether oxygens (including phenoxy) is 3. The summed E-state index contributed by atoms with van der Waals surface area (Å²) in [5.41, 5.74) is -1.08. The van der Waals surface area contributed by atoms with E-state index in [0.29, 0.717) is 42.3 Å². The van der Waals surface area contributed by atoms with Gasteiger partial charge in [-0.25, -0.2) is 0 Å². The Labute approximate surface area is 253 Å². The number of nitrogens with zero attached hydrogens (tertiary/aromatic N) is 1. The van der Waals surface area contributed by atoms with Gasteiger partial charge in [-0.05, 0) is 87.1 Å². The van der Waals surface area contributed by atoms with E-state index in [1.54, 1.807) is 55.6 Å². The second-order valence-electron chi connectivity index (χ2n) is 12.6. The average Bonchev–Trinajstić information content (AvgIpc) is 3.49. The molecule has 3 amide bonds. The van der Waals surface area contributed by atoms with Crippen LogP contribution in [0, 0.1) is 23.7 Å². The van der Waals surface area contributed by atoms with E-state index in [1.807, 2.05) is 34.6 Å². The lowest BCUT2D eigenvalue weighted by atomic mass is 9.62. The minimum absolute atomic E-state index is 0.110. The van der Waals surface area contributed by atoms with Crippen molar-refractivity contribution in [3.63, 3.8) is 0 Å². The molecule has 43 heavy (non-hydrogen) atoms. The number of aliphatic hydroxyl groups is 1. The lowest BCUT2D eigenvalue weighted by Gasteiger charge is -2.37. The van der Waals surface area contributed by atoms with Gasteiger partial charge in [0.1, 0.15) is 23.1 Å². The molecule has 2 bridgehead atoms. The van der Waals surface area contributed by atoms with Crippen LogP contribution in [0.2, 0.25) is 0 Å². The van der Waals surface area contributed by atoms with Crippen LogP contribution < -0.4 is 20.1 Å². The van der Waals surface area contributed by atoms with E-state index in [2.05, 4.69) is 10.6 Å². The Morgan fingerprint density at radius 2 is 1.63 bits per heavy atom. The molecule has 5 rings (SSSR count). The third kappa shape index (κ3) is 5.25. The van der Waals surface area contributed by atoms with Crippen molar-refractivity contribution < 1.29 is 33.7 Å². The fourth-order valence-electron chi connectivity index (χ4n) is 7.50. The van der Waals surface area contributed by atoms with E-state index in [4.69, 9.17) is 14.2 Å². The fourth-order valence-corrected chi connectivity index (χ4v) is 7.50. The molecule has 0 saturated carbocycles. The zero-order valence-electron chi connectivity index (χ0n) is 25.8. The summed E-state index contributed by atoms with van der Waals surface area (Å²) in [6, 6.07) is 12.4. The molecule has 10 nitrogen and oxygen atoms in total. The number of fused-ring (bicyclic) bond motifs is 1. The van der Waals surface area contributed by atoms with Crippen LogP contribution >= 0.6 is 0 Å². The lowest BCUT2D eigenvalue weighted by molar-refractivity contribution is -0.148. The normalized spacial score (nSPS) is 29.9. The first kappa shape index (κ1) is 30.8. The molecular weight excluding hydrogens is 550 g/mol. The number of benzene rings is 2. The minimum atomic E-state index is -1.23. The first-order chi connectivity index (χ1) is 20.5. The van der Waals surface area contributed by atoms with Crippen LogP contribution in [0.4, 0.5) is 11.4 Å². The van der Waals surface area contributed by atoms with Crippen molar-refractivity contribution in [3.05, 3.63) is 48.5 Å². The summed E-state index contributed by atoms with van der Waals surface area (Å²) >= 11 is 0. The summed E-state index contributed by atoms with van der Waals surface area (Å²) in [5, 5.41) is 16.5. The Hall–Kier alpha value is -3.63. The number of amides is 3. The fraction of sp³-hybridized carbons (Fsp3) is 0.545. The molecule has 3 saturated heterocycles. The number of methoxy groups -OCH3 is 1. The van der Waals surface area contributed by atoms with Crippen molar-refractivity contribution in [2.75, 3.05) is 31.0 Å². The highest BCUT2D eigenvalue weighted by molar-refractivity contribution is 6.05. The van der Waals surface area contributed by atoms with Crippen molar-refractivity contribution in [2.24, 2.45) is 23.7 Å². The summed E-state index contributed by atoms with van der Waals surface area (Å²) in [5.74, 6) is -1.42. The number of anilines is 2. The number of carbonyl (C=O) groups excluding carboxylic acids is 3. The molecular formula is C33H43N3O7. The molecule has 2 aromatic rings. The number of hydrogen-bond acceptors (Lipinski definition) is 7. The average molecular weight is 594 g/mol. The van der Waals surface area contributed by atoms with E-state index >= 15 is 0 Å². The number of rotatable bonds is 11. The van der Waals surface area contributed by atoms with E-state index in [-0.39, 0.29) is 30.3 Å². The zero-order chi connectivity index (χ0) is 31.1. The first-order valence-electron chi connectivity index (χ1n) is 15.1. The predicted octanol–water partition coefficient (Wildman–Crippen LogP) is 4.09. The topological polar surface area (TPSA) is 126 Å². The van der Waals surface area contributed by atoms with Crippen LogP contribution in [0.5, 0.6) is 11.5 Å². The highest BCUT2D eigenvalue weighted by Crippen LogP contribution is 2.65. The SMILES string of the molecule is CCOc1ccc(NC(=O)[C@@H]2[C@H]3C(=O)N([C@@H](CO)CC(C)C)C(C(=O)Nc4ccc(OC)cc4)C34CC(C)[C@@]2(C)O4)cc1. The second-order valence-corrected chi connectivity index (χ2v) is 12.6. The lowest BCUT2D eigenvalue weighted by Crippen LogP contribution is -2.56. The molecule has 3 aliphatic rings. The van der Waals surface area contributed by atoms with Gasteiger partial charge in [-0.2, -0.15) is 0 Å². The molecule has 7 atom stereocenters. The molecule has 3 fully saturated rings. The van der Waals surface area contributed by atoms with Gasteiger partial charge in [0.25, 0.3) is 0 Å². The zero-order valence-corrected chi connectivity index (χ0v) is 25.8. The molecule has 0 aromatic heterocycles. The maximum Gasteiger partial charge on any atom is 0.250 e. The highest BCUT2D eigenvalue weighted by Gasteiger charge is 2.80. The summed E-state index contributed by atoms with van der Waals surface area (Å²) in [7, 11) is 1.57. The van der Waals surface area contributed by atoms with Gasteiger partial charge in [0.15, 0.2) is 0 Å². The maximum absolute atomic E-state index is 14.5. The monoisotopic (exact) mass is 593 g/mol. The van der Waals surface area contributed by atoms with E-state index in [0.717, 1.165) is 0 Å². The Bertz CT molecular complexity index is 1350. The van der Waals surface area contributed by atoms with Gasteiger partial charge in [-0.15, -0.1) is 0 Å². The molecule has 232 valence electrons. The van der Waals surface area contributed by atoms with Crippen molar-refractivity contribution in [1.29, 1.82) is 0 Å². The van der Waals surface area contributed by atoms with Crippen LogP contribution in [0.25, 0.3) is 0 Å². The summed E-state index contributed by atoms with van der Waals surface area (Å²) in [6.45, 7) is 10.0. The Morgan fingerprint density at radius 3 is 2.16 bits per heavy atom. The minimum Gasteiger partial charge on any atom is -0.497 e. The van der Waals surface area contributed by atoms with Gasteiger partial charge in [-0.3, -0.25) is 14.4 Å².